The van der Waals surface area contributed by atoms with Gasteiger partial charge < -0.3 is 15.2 Å². The van der Waals surface area contributed by atoms with Crippen LogP contribution in [-0.2, 0) is 23.8 Å². The number of nitrogens with zero attached hydrogens (tertiary/aromatic N) is 1. The number of primary amides is 1. The second-order valence-electron chi connectivity index (χ2n) is 8.97. The van der Waals surface area contributed by atoms with Gasteiger partial charge in [-0.05, 0) is 65.8 Å². The van der Waals surface area contributed by atoms with Gasteiger partial charge in [0.25, 0.3) is 0 Å². The molecular formula is C28H28F4N2O3. The fourth-order valence-electron chi connectivity index (χ4n) is 5.05. The lowest BCUT2D eigenvalue weighted by Gasteiger charge is -2.41. The van der Waals surface area contributed by atoms with Crippen LogP contribution in [0.15, 0.2) is 60.7 Å². The average molecular weight is 517 g/mol. The van der Waals surface area contributed by atoms with E-state index in [9.17, 15) is 22.4 Å². The van der Waals surface area contributed by atoms with E-state index in [4.69, 9.17) is 15.2 Å². The Balaban J connectivity index is 1.74. The molecule has 2 atom stereocenters. The Morgan fingerprint density at radius 3 is 2.32 bits per heavy atom. The Bertz CT molecular complexity index is 1260. The molecule has 1 heterocycles. The van der Waals surface area contributed by atoms with E-state index in [1.165, 1.54) is 13.2 Å². The van der Waals surface area contributed by atoms with Gasteiger partial charge in [-0.1, -0.05) is 36.4 Å². The van der Waals surface area contributed by atoms with E-state index < -0.39 is 29.5 Å². The molecule has 1 unspecified atom stereocenters. The number of ether oxygens (including phenoxy) is 2. The number of alkyl halides is 3. The molecule has 0 saturated heterocycles. The topological polar surface area (TPSA) is 64.8 Å². The van der Waals surface area contributed by atoms with Crippen molar-refractivity contribution in [1.82, 2.24) is 4.90 Å². The lowest BCUT2D eigenvalue weighted by Crippen LogP contribution is -2.44. The number of methoxy groups -OCH3 is 2. The summed E-state index contributed by atoms with van der Waals surface area (Å²) in [4.78, 5) is 14.7. The van der Waals surface area contributed by atoms with Gasteiger partial charge in [-0.2, -0.15) is 13.2 Å². The highest BCUT2D eigenvalue weighted by atomic mass is 19.4. The van der Waals surface area contributed by atoms with Crippen LogP contribution in [0.2, 0.25) is 0 Å². The van der Waals surface area contributed by atoms with Crippen molar-refractivity contribution in [3.05, 3.63) is 94.3 Å². The third kappa shape index (κ3) is 5.56. The molecule has 0 radical (unpaired) electrons. The summed E-state index contributed by atoms with van der Waals surface area (Å²) in [5.74, 6) is -0.374. The predicted octanol–water partition coefficient (Wildman–Crippen LogP) is 5.62. The molecule has 0 saturated carbocycles. The molecule has 5 nitrogen and oxygen atoms in total. The summed E-state index contributed by atoms with van der Waals surface area (Å²) in [6.07, 6.45) is -3.53. The minimum Gasteiger partial charge on any atom is -0.493 e. The van der Waals surface area contributed by atoms with Crippen LogP contribution in [0.25, 0.3) is 0 Å². The average Bonchev–Trinajstić information content (AvgIpc) is 2.87. The number of carbonyl (C=O) groups is 1. The Labute approximate surface area is 212 Å². The van der Waals surface area contributed by atoms with Gasteiger partial charge in [0.05, 0.1) is 19.8 Å². The molecule has 0 spiro atoms. The number of carbonyl (C=O) groups excluding carboxylic acids is 1. The van der Waals surface area contributed by atoms with E-state index in [2.05, 4.69) is 0 Å². The van der Waals surface area contributed by atoms with Gasteiger partial charge >= 0.3 is 6.18 Å². The summed E-state index contributed by atoms with van der Waals surface area (Å²) in [6.45, 7) is 0.491. The largest absolute Gasteiger partial charge is 0.493 e. The van der Waals surface area contributed by atoms with Gasteiger partial charge in [-0.25, -0.2) is 4.39 Å². The molecule has 3 aromatic carbocycles. The van der Waals surface area contributed by atoms with E-state index in [0.29, 0.717) is 37.0 Å². The molecular weight excluding hydrogens is 488 g/mol. The fraction of sp³-hybridized carbons (Fsp3) is 0.321. The summed E-state index contributed by atoms with van der Waals surface area (Å²) in [5.41, 5.74) is 7.60. The van der Waals surface area contributed by atoms with Gasteiger partial charge in [0, 0.05) is 12.6 Å². The highest BCUT2D eigenvalue weighted by Crippen LogP contribution is 2.43. The highest BCUT2D eigenvalue weighted by Gasteiger charge is 2.37. The van der Waals surface area contributed by atoms with Crippen molar-refractivity contribution in [3.8, 4) is 11.5 Å². The molecule has 37 heavy (non-hydrogen) atoms. The molecule has 3 aromatic rings. The number of nitrogens with two attached hydrogens (primary N) is 1. The second kappa shape index (κ2) is 10.8. The maximum atomic E-state index is 14.7. The first-order valence-corrected chi connectivity index (χ1v) is 11.8. The highest BCUT2D eigenvalue weighted by molar-refractivity contribution is 5.81. The van der Waals surface area contributed by atoms with Gasteiger partial charge in [0.2, 0.25) is 5.91 Å². The van der Waals surface area contributed by atoms with Gasteiger partial charge in [0.15, 0.2) is 11.5 Å². The van der Waals surface area contributed by atoms with E-state index in [1.54, 1.807) is 7.11 Å². The van der Waals surface area contributed by atoms with Gasteiger partial charge in [-0.15, -0.1) is 0 Å². The maximum Gasteiger partial charge on any atom is 0.416 e. The minimum absolute atomic E-state index is 0.152. The summed E-state index contributed by atoms with van der Waals surface area (Å²) >= 11 is 0. The normalized spacial score (nSPS) is 16.6. The van der Waals surface area contributed by atoms with Crippen LogP contribution in [-0.4, -0.2) is 31.6 Å². The second-order valence-corrected chi connectivity index (χ2v) is 8.97. The lowest BCUT2D eigenvalue weighted by atomic mass is 9.86. The van der Waals surface area contributed by atoms with Crippen molar-refractivity contribution >= 4 is 5.91 Å². The van der Waals surface area contributed by atoms with E-state index >= 15 is 0 Å². The van der Waals surface area contributed by atoms with Crippen molar-refractivity contribution in [2.24, 2.45) is 5.73 Å². The van der Waals surface area contributed by atoms with Crippen LogP contribution in [0.4, 0.5) is 17.6 Å². The summed E-state index contributed by atoms with van der Waals surface area (Å²) < 4.78 is 64.7. The van der Waals surface area contributed by atoms with Gasteiger partial charge in [0.1, 0.15) is 11.9 Å². The number of fused-ring (bicyclic) bond motifs is 1. The van der Waals surface area contributed by atoms with Crippen LogP contribution in [0, 0.1) is 5.82 Å². The van der Waals surface area contributed by atoms with Crippen molar-refractivity contribution < 1.29 is 31.8 Å². The molecule has 2 N–H and O–H groups in total. The zero-order chi connectivity index (χ0) is 26.7. The summed E-state index contributed by atoms with van der Waals surface area (Å²) in [6, 6.07) is 14.3. The van der Waals surface area contributed by atoms with Crippen LogP contribution in [0.3, 0.4) is 0 Å². The number of hydrogen-bond donors (Lipinski definition) is 1. The maximum absolute atomic E-state index is 14.7. The lowest BCUT2D eigenvalue weighted by molar-refractivity contribution is -0.137. The molecule has 0 aliphatic carbocycles. The van der Waals surface area contributed by atoms with E-state index in [1.807, 2.05) is 47.4 Å². The zero-order valence-corrected chi connectivity index (χ0v) is 20.5. The molecule has 1 amide bonds. The third-order valence-corrected chi connectivity index (χ3v) is 6.83. The first kappa shape index (κ1) is 26.5. The minimum atomic E-state index is -4.63. The standard InChI is InChI=1S/C28H28F4N2O3/c1-36-24-14-19-12-13-34(26(27(33)35)18-6-4-3-5-7-18)23(21(19)16-25(24)37-2)11-9-17-8-10-20(15-22(17)29)28(30,31)32/h3-8,10,14-16,23,26H,9,11-13H2,1-2H3,(H2,33,35)/t23-,26?/m0/s1. The zero-order valence-electron chi connectivity index (χ0n) is 20.5. The fourth-order valence-corrected chi connectivity index (χ4v) is 5.05. The summed E-state index contributed by atoms with van der Waals surface area (Å²) in [7, 11) is 3.07. The molecule has 0 fully saturated rings. The smallest absolute Gasteiger partial charge is 0.416 e. The predicted molar refractivity (Wildman–Crippen MR) is 131 cm³/mol. The Morgan fingerprint density at radius 1 is 1.05 bits per heavy atom. The Hall–Kier alpha value is -3.59. The third-order valence-electron chi connectivity index (χ3n) is 6.83. The first-order valence-electron chi connectivity index (χ1n) is 11.8. The molecule has 1 aliphatic rings. The summed E-state index contributed by atoms with van der Waals surface area (Å²) in [5, 5.41) is 0. The van der Waals surface area contributed by atoms with Crippen molar-refractivity contribution in [3.63, 3.8) is 0 Å². The number of benzene rings is 3. The number of halogens is 4. The van der Waals surface area contributed by atoms with Crippen LogP contribution < -0.4 is 15.2 Å². The number of aryl methyl sites for hydroxylation is 1. The number of amides is 1. The Morgan fingerprint density at radius 2 is 1.73 bits per heavy atom. The van der Waals surface area contributed by atoms with Crippen molar-refractivity contribution in [1.29, 1.82) is 0 Å². The van der Waals surface area contributed by atoms with E-state index in [-0.39, 0.29) is 18.0 Å². The molecule has 4 rings (SSSR count). The molecule has 0 aromatic heterocycles. The Kier molecular flexibility index (Phi) is 7.73. The molecule has 0 bridgehead atoms. The number of hydrogen-bond acceptors (Lipinski definition) is 4. The quantitative estimate of drug-likeness (QED) is 0.395. The SMILES string of the molecule is COc1cc2c(cc1OC)[C@H](CCc1ccc(C(F)(F)F)cc1F)N(C(C(N)=O)c1ccccc1)CC2. The molecule has 9 heteroatoms. The van der Waals surface area contributed by atoms with Crippen molar-refractivity contribution in [2.75, 3.05) is 20.8 Å². The molecule has 1 aliphatic heterocycles. The van der Waals surface area contributed by atoms with Gasteiger partial charge in [-0.3, -0.25) is 9.69 Å². The van der Waals surface area contributed by atoms with E-state index in [0.717, 1.165) is 22.8 Å². The van der Waals surface area contributed by atoms with Crippen LogP contribution in [0.1, 0.15) is 46.3 Å². The molecule has 196 valence electrons. The monoisotopic (exact) mass is 516 g/mol. The van der Waals surface area contributed by atoms with Crippen molar-refractivity contribution in [2.45, 2.75) is 37.5 Å². The van der Waals surface area contributed by atoms with Crippen LogP contribution >= 0.6 is 0 Å². The first-order chi connectivity index (χ1) is 17.6. The van der Waals surface area contributed by atoms with Crippen LogP contribution in [0.5, 0.6) is 11.5 Å². The number of rotatable bonds is 8.